The van der Waals surface area contributed by atoms with Crippen LogP contribution in [0, 0.1) is 11.7 Å². The molecule has 160 valence electrons. The summed E-state index contributed by atoms with van der Waals surface area (Å²) in [6.45, 7) is 3.69. The molecular formula is C22H28FN5O2. The van der Waals surface area contributed by atoms with E-state index in [1.807, 2.05) is 4.68 Å². The Morgan fingerprint density at radius 3 is 2.63 bits per heavy atom. The summed E-state index contributed by atoms with van der Waals surface area (Å²) in [5, 5.41) is 12.0. The lowest BCUT2D eigenvalue weighted by Gasteiger charge is -2.34. The Bertz CT molecular complexity index is 887. The summed E-state index contributed by atoms with van der Waals surface area (Å²) in [6.07, 6.45) is 5.10. The number of benzene rings is 1. The van der Waals surface area contributed by atoms with E-state index in [4.69, 9.17) is 4.74 Å². The van der Waals surface area contributed by atoms with Gasteiger partial charge in [-0.3, -0.25) is 9.69 Å². The SMILES string of the molecule is O=C(NC1CCN(Cc2nnn3c2CO[C@@H](c2ccc(F)cc2)C3)CC1)C1CCC1. The van der Waals surface area contributed by atoms with Crippen LogP contribution < -0.4 is 5.32 Å². The van der Waals surface area contributed by atoms with Crippen LogP contribution in [0.2, 0.25) is 0 Å². The Morgan fingerprint density at radius 1 is 1.17 bits per heavy atom. The second kappa shape index (κ2) is 8.43. The molecule has 0 radical (unpaired) electrons. The van der Waals surface area contributed by atoms with Crippen molar-refractivity contribution >= 4 is 5.91 Å². The molecule has 30 heavy (non-hydrogen) atoms. The first-order valence-corrected chi connectivity index (χ1v) is 11.0. The molecule has 1 aromatic heterocycles. The molecule has 1 amide bonds. The number of fused-ring (bicyclic) bond motifs is 1. The maximum absolute atomic E-state index is 13.2. The molecule has 0 unspecified atom stereocenters. The number of nitrogens with one attached hydrogen (secondary N) is 1. The van der Waals surface area contributed by atoms with E-state index in [0.717, 1.165) is 62.3 Å². The third-order valence-corrected chi connectivity index (χ3v) is 6.70. The minimum atomic E-state index is -0.246. The van der Waals surface area contributed by atoms with Crippen molar-refractivity contribution < 1.29 is 13.9 Å². The van der Waals surface area contributed by atoms with Crippen LogP contribution in [0.25, 0.3) is 0 Å². The van der Waals surface area contributed by atoms with Crippen LogP contribution in [-0.2, 0) is 29.2 Å². The largest absolute Gasteiger partial charge is 0.365 e. The van der Waals surface area contributed by atoms with Crippen molar-refractivity contribution in [1.82, 2.24) is 25.2 Å². The number of carbonyl (C=O) groups is 1. The van der Waals surface area contributed by atoms with Crippen molar-refractivity contribution in [2.75, 3.05) is 13.1 Å². The average molecular weight is 413 g/mol. The van der Waals surface area contributed by atoms with Crippen molar-refractivity contribution in [3.63, 3.8) is 0 Å². The fourth-order valence-electron chi connectivity index (χ4n) is 4.50. The molecule has 1 N–H and O–H groups in total. The summed E-state index contributed by atoms with van der Waals surface area (Å²) < 4.78 is 21.1. The van der Waals surface area contributed by atoms with Crippen molar-refractivity contribution in [2.45, 2.75) is 63.9 Å². The van der Waals surface area contributed by atoms with Gasteiger partial charge in [-0.2, -0.15) is 0 Å². The highest BCUT2D eigenvalue weighted by Gasteiger charge is 2.30. The van der Waals surface area contributed by atoms with E-state index in [9.17, 15) is 9.18 Å². The molecule has 2 aliphatic heterocycles. The molecule has 1 saturated carbocycles. The lowest BCUT2D eigenvalue weighted by atomic mass is 9.84. The zero-order valence-electron chi connectivity index (χ0n) is 17.1. The third kappa shape index (κ3) is 4.11. The van der Waals surface area contributed by atoms with Crippen LogP contribution in [0.3, 0.4) is 0 Å². The van der Waals surface area contributed by atoms with Gasteiger partial charge in [0.05, 0.1) is 18.8 Å². The summed E-state index contributed by atoms with van der Waals surface area (Å²) in [7, 11) is 0. The summed E-state index contributed by atoms with van der Waals surface area (Å²) in [5.41, 5.74) is 2.93. The Morgan fingerprint density at radius 2 is 1.93 bits per heavy atom. The summed E-state index contributed by atoms with van der Waals surface area (Å²) in [4.78, 5) is 14.5. The van der Waals surface area contributed by atoms with Crippen LogP contribution in [0.1, 0.15) is 55.2 Å². The van der Waals surface area contributed by atoms with Gasteiger partial charge in [-0.25, -0.2) is 9.07 Å². The van der Waals surface area contributed by atoms with Gasteiger partial charge >= 0.3 is 0 Å². The van der Waals surface area contributed by atoms with E-state index in [-0.39, 0.29) is 23.7 Å². The lowest BCUT2D eigenvalue weighted by molar-refractivity contribution is -0.128. The van der Waals surface area contributed by atoms with Crippen LogP contribution in [-0.4, -0.2) is 44.9 Å². The number of nitrogens with zero attached hydrogens (tertiary/aromatic N) is 4. The molecule has 2 aromatic rings. The first-order valence-electron chi connectivity index (χ1n) is 11.0. The second-order valence-electron chi connectivity index (χ2n) is 8.70. The molecule has 2 fully saturated rings. The highest BCUT2D eigenvalue weighted by Crippen LogP contribution is 2.28. The van der Waals surface area contributed by atoms with Crippen molar-refractivity contribution in [3.05, 3.63) is 47.0 Å². The highest BCUT2D eigenvalue weighted by molar-refractivity contribution is 5.79. The van der Waals surface area contributed by atoms with Gasteiger partial charge in [-0.1, -0.05) is 23.8 Å². The van der Waals surface area contributed by atoms with E-state index in [1.165, 1.54) is 18.6 Å². The molecule has 0 bridgehead atoms. The first-order chi connectivity index (χ1) is 14.7. The molecule has 0 spiro atoms. The third-order valence-electron chi connectivity index (χ3n) is 6.70. The highest BCUT2D eigenvalue weighted by atomic mass is 19.1. The standard InChI is InChI=1S/C22H28FN5O2/c23-17-6-4-15(5-7-17)21-13-28-20(14-30-21)19(25-26-28)12-27-10-8-18(9-11-27)24-22(29)16-2-1-3-16/h4-7,16,18,21H,1-3,8-14H2,(H,24,29)/t21-/m1/s1. The summed E-state index contributed by atoms with van der Waals surface area (Å²) >= 11 is 0. The molecule has 3 heterocycles. The molecule has 1 aromatic carbocycles. The van der Waals surface area contributed by atoms with Gasteiger partial charge in [0, 0.05) is 31.6 Å². The number of likely N-dealkylation sites (tertiary alicyclic amines) is 1. The van der Waals surface area contributed by atoms with E-state index < -0.39 is 0 Å². The van der Waals surface area contributed by atoms with Crippen molar-refractivity contribution in [1.29, 1.82) is 0 Å². The zero-order chi connectivity index (χ0) is 20.5. The predicted octanol–water partition coefficient (Wildman–Crippen LogP) is 2.57. The number of hydrogen-bond acceptors (Lipinski definition) is 5. The van der Waals surface area contributed by atoms with Crippen LogP contribution >= 0.6 is 0 Å². The number of ether oxygens (including phenoxy) is 1. The molecule has 1 atom stereocenters. The van der Waals surface area contributed by atoms with Gasteiger partial charge in [-0.05, 0) is 43.4 Å². The van der Waals surface area contributed by atoms with Gasteiger partial charge in [-0.15, -0.1) is 5.10 Å². The number of hydrogen-bond donors (Lipinski definition) is 1. The minimum absolute atomic E-state index is 0.136. The van der Waals surface area contributed by atoms with Crippen LogP contribution in [0.5, 0.6) is 0 Å². The Balaban J connectivity index is 1.14. The Labute approximate surface area is 175 Å². The maximum atomic E-state index is 13.2. The predicted molar refractivity (Wildman–Crippen MR) is 108 cm³/mol. The number of halogens is 1. The lowest BCUT2D eigenvalue weighted by Crippen LogP contribution is -2.47. The van der Waals surface area contributed by atoms with E-state index in [1.54, 1.807) is 12.1 Å². The normalized spacial score (nSPS) is 23.0. The topological polar surface area (TPSA) is 72.3 Å². The monoisotopic (exact) mass is 413 g/mol. The number of piperidine rings is 1. The van der Waals surface area contributed by atoms with E-state index in [0.29, 0.717) is 19.2 Å². The van der Waals surface area contributed by atoms with Gasteiger partial charge in [0.1, 0.15) is 17.6 Å². The van der Waals surface area contributed by atoms with Gasteiger partial charge in [0.25, 0.3) is 0 Å². The average Bonchev–Trinajstić information content (AvgIpc) is 3.11. The van der Waals surface area contributed by atoms with Gasteiger partial charge < -0.3 is 10.1 Å². The molecule has 7 nitrogen and oxygen atoms in total. The van der Waals surface area contributed by atoms with E-state index >= 15 is 0 Å². The van der Waals surface area contributed by atoms with Gasteiger partial charge in [0.2, 0.25) is 5.91 Å². The zero-order valence-corrected chi connectivity index (χ0v) is 17.1. The van der Waals surface area contributed by atoms with E-state index in [2.05, 4.69) is 20.5 Å². The fraction of sp³-hybridized carbons (Fsp3) is 0.591. The molecule has 1 aliphatic carbocycles. The molecule has 3 aliphatic rings. The smallest absolute Gasteiger partial charge is 0.223 e. The molecule has 1 saturated heterocycles. The minimum Gasteiger partial charge on any atom is -0.365 e. The number of rotatable bonds is 5. The summed E-state index contributed by atoms with van der Waals surface area (Å²) in [5.74, 6) is 0.259. The van der Waals surface area contributed by atoms with Crippen molar-refractivity contribution in [3.8, 4) is 0 Å². The summed E-state index contributed by atoms with van der Waals surface area (Å²) in [6, 6.07) is 6.73. The molecule has 8 heteroatoms. The Kier molecular flexibility index (Phi) is 5.52. The van der Waals surface area contributed by atoms with Crippen LogP contribution in [0.15, 0.2) is 24.3 Å². The second-order valence-corrected chi connectivity index (χ2v) is 8.70. The quantitative estimate of drug-likeness (QED) is 0.816. The number of carbonyl (C=O) groups excluding carboxylic acids is 1. The van der Waals surface area contributed by atoms with Crippen LogP contribution in [0.4, 0.5) is 4.39 Å². The first kappa shape index (κ1) is 19.6. The molecule has 5 rings (SSSR count). The number of aromatic nitrogens is 3. The number of amides is 1. The fourth-order valence-corrected chi connectivity index (χ4v) is 4.50. The van der Waals surface area contributed by atoms with Crippen molar-refractivity contribution in [2.24, 2.45) is 5.92 Å². The maximum Gasteiger partial charge on any atom is 0.223 e. The van der Waals surface area contributed by atoms with Gasteiger partial charge in [0.15, 0.2) is 0 Å². The molecular weight excluding hydrogens is 385 g/mol. The Hall–Kier alpha value is -2.32.